The number of nitrogens with zero attached hydrogens (tertiary/aromatic N) is 3. The third-order valence-corrected chi connectivity index (χ3v) is 8.17. The molecule has 6 heteroatoms. The molecular formula is C24H36N4O2. The van der Waals surface area contributed by atoms with Crippen molar-refractivity contribution in [2.45, 2.75) is 96.2 Å². The number of rotatable bonds is 3. The van der Waals surface area contributed by atoms with Crippen LogP contribution in [0.1, 0.15) is 94.3 Å². The topological polar surface area (TPSA) is 69.3 Å². The van der Waals surface area contributed by atoms with Crippen LogP contribution in [-0.2, 0) is 17.8 Å². The summed E-state index contributed by atoms with van der Waals surface area (Å²) in [6, 6.07) is 0.566. The summed E-state index contributed by atoms with van der Waals surface area (Å²) in [6.07, 6.45) is 12.2. The fourth-order valence-electron chi connectivity index (χ4n) is 6.26. The quantitative estimate of drug-likeness (QED) is 0.824. The zero-order valence-electron chi connectivity index (χ0n) is 18.4. The van der Waals surface area contributed by atoms with Crippen LogP contribution >= 0.6 is 0 Å². The van der Waals surface area contributed by atoms with E-state index < -0.39 is 0 Å². The molecule has 1 aromatic rings. The van der Waals surface area contributed by atoms with E-state index >= 15 is 0 Å². The Bertz CT molecular complexity index is 836. The van der Waals surface area contributed by atoms with E-state index in [2.05, 4.69) is 16.8 Å². The van der Waals surface area contributed by atoms with Crippen LogP contribution in [0.5, 0.6) is 0 Å². The van der Waals surface area contributed by atoms with E-state index in [0.717, 1.165) is 74.7 Å². The number of hydrogen-bond acceptors (Lipinski definition) is 4. The minimum atomic E-state index is -0.0473. The maximum Gasteiger partial charge on any atom is 0.255 e. The molecule has 5 rings (SSSR count). The molecule has 2 aliphatic carbocycles. The van der Waals surface area contributed by atoms with Crippen molar-refractivity contribution >= 4 is 5.91 Å². The van der Waals surface area contributed by atoms with Crippen molar-refractivity contribution in [3.8, 4) is 0 Å². The van der Waals surface area contributed by atoms with Crippen LogP contribution in [-0.4, -0.2) is 44.8 Å². The second kappa shape index (κ2) is 8.45. The van der Waals surface area contributed by atoms with Crippen molar-refractivity contribution in [2.24, 2.45) is 11.8 Å². The van der Waals surface area contributed by atoms with Crippen molar-refractivity contribution in [3.63, 3.8) is 0 Å². The second-order valence-electron chi connectivity index (χ2n) is 10.2. The molecule has 0 spiro atoms. The molecule has 164 valence electrons. The van der Waals surface area contributed by atoms with Crippen LogP contribution in [0.4, 0.5) is 0 Å². The summed E-state index contributed by atoms with van der Waals surface area (Å²) >= 11 is 0. The maximum atomic E-state index is 13.0. The molecule has 3 heterocycles. The molecule has 1 aromatic heterocycles. The van der Waals surface area contributed by atoms with Gasteiger partial charge in [0.1, 0.15) is 5.82 Å². The highest BCUT2D eigenvalue weighted by Gasteiger charge is 2.37. The van der Waals surface area contributed by atoms with E-state index in [-0.39, 0.29) is 23.4 Å². The van der Waals surface area contributed by atoms with Crippen molar-refractivity contribution < 1.29 is 4.79 Å². The van der Waals surface area contributed by atoms with Crippen LogP contribution in [0.15, 0.2) is 4.79 Å². The van der Waals surface area contributed by atoms with Crippen LogP contribution < -0.4 is 5.56 Å². The Morgan fingerprint density at radius 1 is 1.00 bits per heavy atom. The molecule has 0 radical (unpaired) electrons. The van der Waals surface area contributed by atoms with Crippen LogP contribution in [0.3, 0.4) is 0 Å². The van der Waals surface area contributed by atoms with Gasteiger partial charge in [0.25, 0.3) is 5.56 Å². The van der Waals surface area contributed by atoms with E-state index in [9.17, 15) is 9.59 Å². The zero-order valence-corrected chi connectivity index (χ0v) is 18.4. The minimum absolute atomic E-state index is 0.0176. The smallest absolute Gasteiger partial charge is 0.255 e. The van der Waals surface area contributed by atoms with Gasteiger partial charge in [0.2, 0.25) is 5.91 Å². The summed E-state index contributed by atoms with van der Waals surface area (Å²) in [5, 5.41) is 0. The van der Waals surface area contributed by atoms with Gasteiger partial charge < -0.3 is 9.88 Å². The standard InChI is InChI=1S/C24H36N4O2/c1-16-8-10-18(11-9-16)27-14-12-20-19(15-27)23(29)26-22(25-20)21-7-4-13-28(21)24(30)17-5-2-3-6-17/h16-18,21H,2-15H2,1H3,(H,25,26,29)/t16?,18?,21-/m1/s1. The summed E-state index contributed by atoms with van der Waals surface area (Å²) in [5.41, 5.74) is 1.84. The van der Waals surface area contributed by atoms with E-state index in [4.69, 9.17) is 4.98 Å². The van der Waals surface area contributed by atoms with Gasteiger partial charge in [-0.2, -0.15) is 0 Å². The largest absolute Gasteiger partial charge is 0.332 e. The number of carbonyl (C=O) groups excluding carboxylic acids is 1. The summed E-state index contributed by atoms with van der Waals surface area (Å²) < 4.78 is 0. The first-order chi connectivity index (χ1) is 14.6. The first-order valence-corrected chi connectivity index (χ1v) is 12.3. The van der Waals surface area contributed by atoms with Gasteiger partial charge in [-0.1, -0.05) is 19.8 Å². The highest BCUT2D eigenvalue weighted by molar-refractivity contribution is 5.79. The number of aromatic nitrogens is 2. The third-order valence-electron chi connectivity index (χ3n) is 8.17. The van der Waals surface area contributed by atoms with Crippen molar-refractivity contribution in [3.05, 3.63) is 27.4 Å². The number of aromatic amines is 1. The number of hydrogen-bond donors (Lipinski definition) is 1. The summed E-state index contributed by atoms with van der Waals surface area (Å²) in [5.74, 6) is 2.03. The van der Waals surface area contributed by atoms with Crippen LogP contribution in [0.2, 0.25) is 0 Å². The molecule has 2 saturated carbocycles. The van der Waals surface area contributed by atoms with Crippen LogP contribution in [0.25, 0.3) is 0 Å². The normalized spacial score (nSPS) is 30.6. The number of amides is 1. The minimum Gasteiger partial charge on any atom is -0.332 e. The lowest BCUT2D eigenvalue weighted by Crippen LogP contribution is -2.44. The summed E-state index contributed by atoms with van der Waals surface area (Å²) in [6.45, 7) is 4.88. The average Bonchev–Trinajstić information content (AvgIpc) is 3.46. The molecule has 2 aliphatic heterocycles. The molecule has 1 saturated heterocycles. The molecule has 6 nitrogen and oxygen atoms in total. The summed E-state index contributed by atoms with van der Waals surface area (Å²) in [7, 11) is 0. The van der Waals surface area contributed by atoms with E-state index in [1.54, 1.807) is 0 Å². The van der Waals surface area contributed by atoms with Gasteiger partial charge in [-0.3, -0.25) is 14.5 Å². The first-order valence-electron chi connectivity index (χ1n) is 12.3. The van der Waals surface area contributed by atoms with Gasteiger partial charge in [-0.25, -0.2) is 4.98 Å². The number of nitrogens with one attached hydrogen (secondary N) is 1. The van der Waals surface area contributed by atoms with Gasteiger partial charge >= 0.3 is 0 Å². The molecule has 1 N–H and O–H groups in total. The first kappa shape index (κ1) is 20.2. The predicted octanol–water partition coefficient (Wildman–Crippen LogP) is 3.56. The molecule has 0 bridgehead atoms. The monoisotopic (exact) mass is 412 g/mol. The Balaban J connectivity index is 1.33. The average molecular weight is 413 g/mol. The SMILES string of the molecule is CC1CCC(N2CCc3nc([C@H]4CCCN4C(=O)C4CCCC4)[nH]c(=O)c3C2)CC1. The van der Waals surface area contributed by atoms with E-state index in [1.165, 1.54) is 38.5 Å². The number of carbonyl (C=O) groups is 1. The Hall–Kier alpha value is -1.69. The maximum absolute atomic E-state index is 13.0. The fourth-order valence-corrected chi connectivity index (χ4v) is 6.26. The number of likely N-dealkylation sites (tertiary alicyclic amines) is 1. The number of H-pyrrole nitrogens is 1. The molecule has 0 unspecified atom stereocenters. The van der Waals surface area contributed by atoms with Crippen LogP contribution in [0, 0.1) is 11.8 Å². The molecule has 4 aliphatic rings. The highest BCUT2D eigenvalue weighted by Crippen LogP contribution is 2.35. The Labute approximate surface area is 179 Å². The van der Waals surface area contributed by atoms with Crippen molar-refractivity contribution in [2.75, 3.05) is 13.1 Å². The van der Waals surface area contributed by atoms with E-state index in [0.29, 0.717) is 6.04 Å². The predicted molar refractivity (Wildman–Crippen MR) is 116 cm³/mol. The van der Waals surface area contributed by atoms with Gasteiger partial charge in [0, 0.05) is 38.0 Å². The highest BCUT2D eigenvalue weighted by atomic mass is 16.2. The van der Waals surface area contributed by atoms with Gasteiger partial charge in [-0.05, 0) is 57.3 Å². The molecular weight excluding hydrogens is 376 g/mol. The van der Waals surface area contributed by atoms with Gasteiger partial charge in [0.15, 0.2) is 0 Å². The lowest BCUT2D eigenvalue weighted by Gasteiger charge is -2.38. The fraction of sp³-hybridized carbons (Fsp3) is 0.792. The lowest BCUT2D eigenvalue weighted by molar-refractivity contribution is -0.136. The summed E-state index contributed by atoms with van der Waals surface area (Å²) in [4.78, 5) is 38.6. The van der Waals surface area contributed by atoms with Crippen molar-refractivity contribution in [1.82, 2.24) is 19.8 Å². The van der Waals surface area contributed by atoms with E-state index in [1.807, 2.05) is 4.90 Å². The zero-order chi connectivity index (χ0) is 20.7. The third kappa shape index (κ3) is 3.83. The number of fused-ring (bicyclic) bond motifs is 1. The Morgan fingerprint density at radius 2 is 1.77 bits per heavy atom. The lowest BCUT2D eigenvalue weighted by atomic mass is 9.86. The molecule has 1 atom stereocenters. The van der Waals surface area contributed by atoms with Crippen molar-refractivity contribution in [1.29, 1.82) is 0 Å². The van der Waals surface area contributed by atoms with Gasteiger partial charge in [-0.15, -0.1) is 0 Å². The molecule has 0 aromatic carbocycles. The Kier molecular flexibility index (Phi) is 5.69. The molecule has 1 amide bonds. The Morgan fingerprint density at radius 3 is 2.53 bits per heavy atom. The molecule has 3 fully saturated rings. The second-order valence-corrected chi connectivity index (χ2v) is 10.2. The molecule has 30 heavy (non-hydrogen) atoms. The van der Waals surface area contributed by atoms with Gasteiger partial charge in [0.05, 0.1) is 17.3 Å².